The fraction of sp³-hybridized carbons (Fsp3) is 0.235. The molecule has 0 spiro atoms. The van der Waals surface area contributed by atoms with Crippen LogP contribution in [0, 0.1) is 11.3 Å². The smallest absolute Gasteiger partial charge is 0.271 e. The number of nitrogens with zero attached hydrogens (tertiary/aromatic N) is 4. The summed E-state index contributed by atoms with van der Waals surface area (Å²) in [4.78, 5) is 34.9. The second kappa shape index (κ2) is 13.5. The average molecular weight is 672 g/mol. The molecule has 1 atom stereocenters. The highest BCUT2D eigenvalue weighted by Gasteiger charge is 2.35. The topological polar surface area (TPSA) is 96.9 Å². The highest BCUT2D eigenvalue weighted by atomic mass is 79.9. The van der Waals surface area contributed by atoms with Crippen molar-refractivity contribution in [3.05, 3.63) is 124 Å². The molecular weight excluding hydrogens is 640 g/mol. The first-order chi connectivity index (χ1) is 21.3. The number of para-hydroxylation sites is 1. The number of benzene rings is 3. The van der Waals surface area contributed by atoms with E-state index in [2.05, 4.69) is 22.0 Å². The molecule has 0 N–H and O–H groups in total. The Kier molecular flexibility index (Phi) is 9.47. The standard InChI is InChI=1S/C34H31BrN4O4S/c1-5-38(6-2)33(41)30-21(3)37-34-39(31(30)25-9-7-8-10-27(25)42-4)32(40)29(44-34)18-24-15-16-28(26(35)17-24)43-20-23-13-11-22(19-36)12-14-23/h7-18,31H,5-6,20H2,1-4H3/b29-18+/t31-/m0/s1. The van der Waals surface area contributed by atoms with E-state index in [9.17, 15) is 9.59 Å². The number of ether oxygens (including phenoxy) is 2. The van der Waals surface area contributed by atoms with Gasteiger partial charge >= 0.3 is 0 Å². The van der Waals surface area contributed by atoms with Crippen LogP contribution in [0.1, 0.15) is 49.1 Å². The number of likely N-dealkylation sites (N-methyl/N-ethyl adjacent to an activating group) is 1. The summed E-state index contributed by atoms with van der Waals surface area (Å²) in [6, 6.07) is 21.8. The maximum atomic E-state index is 14.1. The van der Waals surface area contributed by atoms with Crippen LogP contribution in [0.15, 0.2) is 92.3 Å². The molecule has 1 aromatic heterocycles. The highest BCUT2D eigenvalue weighted by molar-refractivity contribution is 9.10. The lowest BCUT2D eigenvalue weighted by molar-refractivity contribution is -0.127. The lowest BCUT2D eigenvalue weighted by Crippen LogP contribution is -2.43. The summed E-state index contributed by atoms with van der Waals surface area (Å²) in [6.07, 6.45) is 1.82. The molecule has 0 saturated heterocycles. The Morgan fingerprint density at radius 2 is 1.84 bits per heavy atom. The Balaban J connectivity index is 1.54. The molecule has 8 nitrogen and oxygen atoms in total. The van der Waals surface area contributed by atoms with Crippen LogP contribution in [0.5, 0.6) is 11.5 Å². The van der Waals surface area contributed by atoms with Crippen LogP contribution in [0.25, 0.3) is 6.08 Å². The first-order valence-electron chi connectivity index (χ1n) is 14.2. The molecule has 44 heavy (non-hydrogen) atoms. The van der Waals surface area contributed by atoms with Crippen LogP contribution in [0.3, 0.4) is 0 Å². The van der Waals surface area contributed by atoms with E-state index in [0.717, 1.165) is 21.2 Å². The number of aromatic nitrogens is 1. The van der Waals surface area contributed by atoms with Gasteiger partial charge in [0.2, 0.25) is 0 Å². The molecule has 1 aliphatic rings. The van der Waals surface area contributed by atoms with E-state index in [1.54, 1.807) is 28.7 Å². The van der Waals surface area contributed by atoms with Gasteiger partial charge in [-0.2, -0.15) is 5.26 Å². The van der Waals surface area contributed by atoms with Gasteiger partial charge in [0.1, 0.15) is 24.1 Å². The van der Waals surface area contributed by atoms with Crippen LogP contribution in [-0.4, -0.2) is 35.6 Å². The SMILES string of the molecule is CCN(CC)C(=O)C1=C(C)N=c2s/c(=C/c3ccc(OCc4ccc(C#N)cc4)c(Br)c3)c(=O)n2[C@H]1c1ccccc1OC. The third kappa shape index (κ3) is 6.11. The molecule has 224 valence electrons. The van der Waals surface area contributed by atoms with Gasteiger partial charge in [-0.3, -0.25) is 14.2 Å². The van der Waals surface area contributed by atoms with E-state index in [0.29, 0.717) is 57.4 Å². The number of allylic oxidation sites excluding steroid dienone is 1. The molecule has 4 aromatic rings. The zero-order valence-electron chi connectivity index (χ0n) is 24.8. The Hall–Kier alpha value is -4.46. The van der Waals surface area contributed by atoms with Crippen molar-refractivity contribution in [3.63, 3.8) is 0 Å². The molecule has 3 aromatic carbocycles. The minimum Gasteiger partial charge on any atom is -0.496 e. The first kappa shape index (κ1) is 31.0. The van der Waals surface area contributed by atoms with E-state index in [1.807, 2.05) is 81.4 Å². The number of halogens is 1. The van der Waals surface area contributed by atoms with E-state index in [1.165, 1.54) is 11.3 Å². The number of thiazole rings is 1. The third-order valence-electron chi connectivity index (χ3n) is 7.47. The number of fused-ring (bicyclic) bond motifs is 1. The lowest BCUT2D eigenvalue weighted by Gasteiger charge is -2.29. The van der Waals surface area contributed by atoms with Crippen molar-refractivity contribution in [2.45, 2.75) is 33.4 Å². The second-order valence-corrected chi connectivity index (χ2v) is 12.0. The van der Waals surface area contributed by atoms with Crippen molar-refractivity contribution in [1.82, 2.24) is 9.47 Å². The van der Waals surface area contributed by atoms with E-state index in [-0.39, 0.29) is 11.5 Å². The first-order valence-corrected chi connectivity index (χ1v) is 15.8. The Morgan fingerprint density at radius 3 is 2.50 bits per heavy atom. The molecule has 10 heteroatoms. The lowest BCUT2D eigenvalue weighted by atomic mass is 9.94. The molecule has 1 aliphatic heterocycles. The summed E-state index contributed by atoms with van der Waals surface area (Å²) < 4.78 is 14.5. The van der Waals surface area contributed by atoms with Crippen molar-refractivity contribution < 1.29 is 14.3 Å². The van der Waals surface area contributed by atoms with Crippen LogP contribution in [0.2, 0.25) is 0 Å². The highest BCUT2D eigenvalue weighted by Crippen LogP contribution is 2.36. The molecule has 0 fully saturated rings. The van der Waals surface area contributed by atoms with Crippen LogP contribution >= 0.6 is 27.3 Å². The monoisotopic (exact) mass is 670 g/mol. The van der Waals surface area contributed by atoms with Gasteiger partial charge in [-0.05, 0) is 84.2 Å². The van der Waals surface area contributed by atoms with Gasteiger partial charge in [-0.1, -0.05) is 47.7 Å². The molecule has 0 bridgehead atoms. The Bertz CT molecular complexity index is 1970. The molecule has 0 unspecified atom stereocenters. The maximum Gasteiger partial charge on any atom is 0.271 e. The van der Waals surface area contributed by atoms with Crippen LogP contribution in [0.4, 0.5) is 0 Å². The number of amides is 1. The summed E-state index contributed by atoms with van der Waals surface area (Å²) in [5.74, 6) is 1.09. The van der Waals surface area contributed by atoms with Crippen LogP contribution < -0.4 is 24.4 Å². The average Bonchev–Trinajstić information content (AvgIpc) is 3.34. The number of nitriles is 1. The van der Waals surface area contributed by atoms with E-state index >= 15 is 0 Å². The fourth-order valence-corrected chi connectivity index (χ4v) is 6.73. The minimum atomic E-state index is -0.692. The predicted octanol–water partition coefficient (Wildman–Crippen LogP) is 5.33. The number of hydrogen-bond donors (Lipinski definition) is 0. The summed E-state index contributed by atoms with van der Waals surface area (Å²) in [6.45, 7) is 7.12. The molecule has 1 amide bonds. The molecule has 0 aliphatic carbocycles. The quantitative estimate of drug-likeness (QED) is 0.240. The van der Waals surface area contributed by atoms with Crippen LogP contribution in [-0.2, 0) is 11.4 Å². The number of carbonyl (C=O) groups excluding carboxylic acids is 1. The minimum absolute atomic E-state index is 0.151. The van der Waals surface area contributed by atoms with Gasteiger partial charge in [0.15, 0.2) is 4.80 Å². The van der Waals surface area contributed by atoms with Crippen molar-refractivity contribution >= 4 is 39.2 Å². The Labute approximate surface area is 267 Å². The van der Waals surface area contributed by atoms with Gasteiger partial charge in [0, 0.05) is 18.7 Å². The summed E-state index contributed by atoms with van der Waals surface area (Å²) in [7, 11) is 1.58. The number of hydrogen-bond acceptors (Lipinski definition) is 7. The number of rotatable bonds is 9. The molecule has 0 radical (unpaired) electrons. The predicted molar refractivity (Wildman–Crippen MR) is 174 cm³/mol. The number of methoxy groups -OCH3 is 1. The fourth-order valence-electron chi connectivity index (χ4n) is 5.17. The van der Waals surface area contributed by atoms with Crippen molar-refractivity contribution in [1.29, 1.82) is 5.26 Å². The zero-order valence-corrected chi connectivity index (χ0v) is 27.2. The molecule has 2 heterocycles. The van der Waals surface area contributed by atoms with Crippen molar-refractivity contribution in [2.24, 2.45) is 4.99 Å². The van der Waals surface area contributed by atoms with Crippen molar-refractivity contribution in [2.75, 3.05) is 20.2 Å². The zero-order chi connectivity index (χ0) is 31.4. The Morgan fingerprint density at radius 1 is 1.11 bits per heavy atom. The molecular formula is C34H31BrN4O4S. The van der Waals surface area contributed by atoms with Gasteiger partial charge in [0.05, 0.1) is 39.0 Å². The van der Waals surface area contributed by atoms with Crippen molar-refractivity contribution in [3.8, 4) is 17.6 Å². The third-order valence-corrected chi connectivity index (χ3v) is 9.07. The van der Waals surface area contributed by atoms with Gasteiger partial charge < -0.3 is 14.4 Å². The largest absolute Gasteiger partial charge is 0.496 e. The summed E-state index contributed by atoms with van der Waals surface area (Å²) >= 11 is 4.88. The summed E-state index contributed by atoms with van der Waals surface area (Å²) in [5.41, 5.74) is 3.87. The number of carbonyl (C=O) groups is 1. The normalized spacial score (nSPS) is 14.5. The van der Waals surface area contributed by atoms with Gasteiger partial charge in [0.25, 0.3) is 11.5 Å². The second-order valence-electron chi connectivity index (χ2n) is 10.1. The van der Waals surface area contributed by atoms with Gasteiger partial charge in [-0.25, -0.2) is 4.99 Å². The molecule has 0 saturated carbocycles. The van der Waals surface area contributed by atoms with E-state index in [4.69, 9.17) is 19.7 Å². The molecule has 5 rings (SSSR count). The maximum absolute atomic E-state index is 14.1. The van der Waals surface area contributed by atoms with Gasteiger partial charge in [-0.15, -0.1) is 0 Å². The van der Waals surface area contributed by atoms with E-state index < -0.39 is 6.04 Å². The summed E-state index contributed by atoms with van der Waals surface area (Å²) in [5, 5.41) is 9.00.